The van der Waals surface area contributed by atoms with Crippen LogP contribution in [0.4, 0.5) is 24.5 Å². The Bertz CT molecular complexity index is 1280. The number of para-hydroxylation sites is 1. The molecule has 0 saturated carbocycles. The maximum Gasteiger partial charge on any atom is 0.418 e. The van der Waals surface area contributed by atoms with Crippen LogP contribution in [0.25, 0.3) is 17.4 Å². The minimum absolute atomic E-state index is 0.0138. The van der Waals surface area contributed by atoms with Crippen molar-refractivity contribution < 1.29 is 27.3 Å². The first-order chi connectivity index (χ1) is 15.1. The molecule has 0 atom stereocenters. The molecular formula is C21H11ClF3N3O4. The van der Waals surface area contributed by atoms with Gasteiger partial charge >= 0.3 is 6.18 Å². The average molecular weight is 462 g/mol. The number of hydrogen-bond acceptors (Lipinski definition) is 5. The molecule has 11 heteroatoms. The number of furan rings is 1. The van der Waals surface area contributed by atoms with Gasteiger partial charge in [0, 0.05) is 17.2 Å². The molecule has 32 heavy (non-hydrogen) atoms. The van der Waals surface area contributed by atoms with E-state index in [2.05, 4.69) is 5.32 Å². The summed E-state index contributed by atoms with van der Waals surface area (Å²) in [4.78, 5) is 23.0. The van der Waals surface area contributed by atoms with Crippen molar-refractivity contribution in [3.05, 3.63) is 86.6 Å². The van der Waals surface area contributed by atoms with Gasteiger partial charge in [-0.3, -0.25) is 14.9 Å². The van der Waals surface area contributed by atoms with E-state index in [9.17, 15) is 33.3 Å². The zero-order valence-electron chi connectivity index (χ0n) is 15.8. The zero-order valence-corrected chi connectivity index (χ0v) is 16.6. The summed E-state index contributed by atoms with van der Waals surface area (Å²) in [6, 6.07) is 12.6. The number of anilines is 1. The molecule has 0 unspecified atom stereocenters. The summed E-state index contributed by atoms with van der Waals surface area (Å²) in [7, 11) is 0. The van der Waals surface area contributed by atoms with Crippen molar-refractivity contribution >= 4 is 35.0 Å². The zero-order chi connectivity index (χ0) is 23.5. The van der Waals surface area contributed by atoms with E-state index >= 15 is 0 Å². The van der Waals surface area contributed by atoms with Crippen LogP contribution in [0.1, 0.15) is 11.3 Å². The van der Waals surface area contributed by atoms with Gasteiger partial charge in [-0.1, -0.05) is 23.7 Å². The fraction of sp³-hybridized carbons (Fsp3) is 0.0476. The lowest BCUT2D eigenvalue weighted by Crippen LogP contribution is -2.17. The van der Waals surface area contributed by atoms with Crippen LogP contribution >= 0.6 is 11.6 Å². The van der Waals surface area contributed by atoms with Gasteiger partial charge in [0.25, 0.3) is 11.6 Å². The van der Waals surface area contributed by atoms with E-state index in [1.54, 1.807) is 6.07 Å². The number of halogens is 4. The lowest BCUT2D eigenvalue weighted by atomic mass is 10.1. The Hall–Kier alpha value is -4.10. The third kappa shape index (κ3) is 4.96. The van der Waals surface area contributed by atoms with Gasteiger partial charge in [-0.15, -0.1) is 0 Å². The largest absolute Gasteiger partial charge is 0.456 e. The molecule has 0 aliphatic rings. The highest BCUT2D eigenvalue weighted by atomic mass is 35.5. The lowest BCUT2D eigenvalue weighted by molar-refractivity contribution is -0.384. The Balaban J connectivity index is 1.90. The van der Waals surface area contributed by atoms with Gasteiger partial charge in [-0.25, -0.2) is 0 Å². The van der Waals surface area contributed by atoms with E-state index in [4.69, 9.17) is 16.0 Å². The van der Waals surface area contributed by atoms with E-state index in [1.807, 2.05) is 0 Å². The quantitative estimate of drug-likeness (QED) is 0.214. The third-order valence-corrected chi connectivity index (χ3v) is 4.42. The second-order valence-electron chi connectivity index (χ2n) is 6.29. The van der Waals surface area contributed by atoms with Crippen molar-refractivity contribution in [2.24, 2.45) is 0 Å². The first-order valence-electron chi connectivity index (χ1n) is 8.73. The molecule has 162 valence electrons. The molecule has 3 rings (SSSR count). The molecule has 1 amide bonds. The molecule has 1 N–H and O–H groups in total. The number of nitriles is 1. The van der Waals surface area contributed by atoms with E-state index in [0.29, 0.717) is 0 Å². The Morgan fingerprint density at radius 1 is 1.19 bits per heavy atom. The molecule has 1 heterocycles. The summed E-state index contributed by atoms with van der Waals surface area (Å²) in [5, 5.41) is 22.8. The molecule has 0 aliphatic heterocycles. The molecule has 0 spiro atoms. The van der Waals surface area contributed by atoms with Crippen molar-refractivity contribution in [3.8, 4) is 17.4 Å². The number of carbonyl (C=O) groups is 1. The minimum Gasteiger partial charge on any atom is -0.456 e. The van der Waals surface area contributed by atoms with Gasteiger partial charge in [-0.2, -0.15) is 18.4 Å². The van der Waals surface area contributed by atoms with E-state index in [0.717, 1.165) is 24.3 Å². The number of amides is 1. The summed E-state index contributed by atoms with van der Waals surface area (Å²) in [5.74, 6) is -1.03. The van der Waals surface area contributed by atoms with E-state index in [1.165, 1.54) is 36.4 Å². The van der Waals surface area contributed by atoms with Gasteiger partial charge in [0.15, 0.2) is 0 Å². The van der Waals surface area contributed by atoms with Gasteiger partial charge in [-0.05, 0) is 36.4 Å². The van der Waals surface area contributed by atoms with Crippen LogP contribution in [-0.2, 0) is 11.0 Å². The van der Waals surface area contributed by atoms with Crippen molar-refractivity contribution in [2.45, 2.75) is 6.18 Å². The maximum absolute atomic E-state index is 13.1. The Labute approximate surface area is 183 Å². The molecule has 0 aliphatic carbocycles. The fourth-order valence-corrected chi connectivity index (χ4v) is 2.93. The smallest absolute Gasteiger partial charge is 0.418 e. The number of rotatable bonds is 5. The predicted octanol–water partition coefficient (Wildman–Crippen LogP) is 6.07. The summed E-state index contributed by atoms with van der Waals surface area (Å²) in [5.41, 5.74) is -2.32. The molecule has 0 bridgehead atoms. The molecule has 0 radical (unpaired) electrons. The molecule has 0 saturated heterocycles. The SMILES string of the molecule is N#C/C(=C\c1ccc(-c2ccc(Cl)cc2[N+](=O)[O-])o1)C(=O)Nc1ccccc1C(F)(F)F. The van der Waals surface area contributed by atoms with Crippen LogP contribution in [0, 0.1) is 21.4 Å². The number of nitrogens with one attached hydrogen (secondary N) is 1. The van der Waals surface area contributed by atoms with E-state index < -0.39 is 33.8 Å². The highest BCUT2D eigenvalue weighted by Gasteiger charge is 2.33. The van der Waals surface area contributed by atoms with Gasteiger partial charge in [0.2, 0.25) is 0 Å². The predicted molar refractivity (Wildman–Crippen MR) is 109 cm³/mol. The van der Waals surface area contributed by atoms with Crippen molar-refractivity contribution in [1.82, 2.24) is 0 Å². The number of nitro benzene ring substituents is 1. The normalized spacial score (nSPS) is 11.7. The molecule has 7 nitrogen and oxygen atoms in total. The number of benzene rings is 2. The second kappa shape index (κ2) is 8.95. The molecule has 0 fully saturated rings. The third-order valence-electron chi connectivity index (χ3n) is 4.18. The highest BCUT2D eigenvalue weighted by molar-refractivity contribution is 6.30. The van der Waals surface area contributed by atoms with Gasteiger partial charge < -0.3 is 9.73 Å². The van der Waals surface area contributed by atoms with E-state index in [-0.39, 0.29) is 27.8 Å². The monoisotopic (exact) mass is 461 g/mol. The Morgan fingerprint density at radius 2 is 1.91 bits per heavy atom. The Morgan fingerprint density at radius 3 is 2.56 bits per heavy atom. The van der Waals surface area contributed by atoms with Crippen molar-refractivity contribution in [1.29, 1.82) is 5.26 Å². The highest BCUT2D eigenvalue weighted by Crippen LogP contribution is 2.35. The van der Waals surface area contributed by atoms with Crippen molar-refractivity contribution in [2.75, 3.05) is 5.32 Å². The number of nitro groups is 1. The molecule has 1 aromatic heterocycles. The first kappa shape index (κ1) is 22.6. The number of alkyl halides is 3. The topological polar surface area (TPSA) is 109 Å². The van der Waals surface area contributed by atoms with Gasteiger partial charge in [0.05, 0.1) is 21.7 Å². The molecule has 2 aromatic carbocycles. The van der Waals surface area contributed by atoms with Crippen LogP contribution in [-0.4, -0.2) is 10.8 Å². The lowest BCUT2D eigenvalue weighted by Gasteiger charge is -2.13. The number of nitrogens with zero attached hydrogens (tertiary/aromatic N) is 2. The number of carbonyl (C=O) groups excluding carboxylic acids is 1. The summed E-state index contributed by atoms with van der Waals surface area (Å²) in [6.45, 7) is 0. The standard InChI is InChI=1S/C21H11ClF3N3O4/c22-13-5-7-15(18(10-13)28(30)31)19-8-6-14(32-19)9-12(11-26)20(29)27-17-4-2-1-3-16(17)21(23,24)25/h1-10H,(H,27,29)/b12-9+. The summed E-state index contributed by atoms with van der Waals surface area (Å²) >= 11 is 5.79. The molecule has 3 aromatic rings. The minimum atomic E-state index is -4.70. The fourth-order valence-electron chi connectivity index (χ4n) is 2.76. The maximum atomic E-state index is 13.1. The van der Waals surface area contributed by atoms with Crippen LogP contribution < -0.4 is 5.32 Å². The first-order valence-corrected chi connectivity index (χ1v) is 9.11. The van der Waals surface area contributed by atoms with Gasteiger partial charge in [0.1, 0.15) is 23.2 Å². The Kier molecular flexibility index (Phi) is 6.32. The molecular weight excluding hydrogens is 451 g/mol. The van der Waals surface area contributed by atoms with Crippen LogP contribution in [0.15, 0.2) is 64.6 Å². The summed E-state index contributed by atoms with van der Waals surface area (Å²) in [6.07, 6.45) is -3.69. The average Bonchev–Trinajstić information content (AvgIpc) is 3.19. The van der Waals surface area contributed by atoms with Crippen LogP contribution in [0.3, 0.4) is 0 Å². The van der Waals surface area contributed by atoms with Crippen LogP contribution in [0.2, 0.25) is 5.02 Å². The number of hydrogen-bond donors (Lipinski definition) is 1. The summed E-state index contributed by atoms with van der Waals surface area (Å²) < 4.78 is 44.8. The second-order valence-corrected chi connectivity index (χ2v) is 6.72. The van der Waals surface area contributed by atoms with Crippen molar-refractivity contribution in [3.63, 3.8) is 0 Å². The van der Waals surface area contributed by atoms with Crippen LogP contribution in [0.5, 0.6) is 0 Å².